The number of fused-ring (bicyclic) bond motifs is 1. The van der Waals surface area contributed by atoms with E-state index < -0.39 is 6.04 Å². The summed E-state index contributed by atoms with van der Waals surface area (Å²) in [6, 6.07) is 9.96. The van der Waals surface area contributed by atoms with Crippen molar-refractivity contribution in [2.75, 3.05) is 10.6 Å². The molecule has 0 saturated heterocycles. The molecule has 0 aliphatic heterocycles. The molecule has 6 heteroatoms. The van der Waals surface area contributed by atoms with Crippen LogP contribution in [-0.2, 0) is 9.59 Å². The largest absolute Gasteiger partial charge is 0.334 e. The molecule has 0 heterocycles. The van der Waals surface area contributed by atoms with Crippen molar-refractivity contribution in [3.8, 4) is 6.07 Å². The second-order valence-electron chi connectivity index (χ2n) is 10.1. The number of rotatable bonds is 16. The van der Waals surface area contributed by atoms with Crippen LogP contribution in [0, 0.1) is 23.8 Å². The van der Waals surface area contributed by atoms with E-state index in [0.29, 0.717) is 28.7 Å². The lowest BCUT2D eigenvalue weighted by Gasteiger charge is -2.16. The molecule has 0 radical (unpaired) electrons. The third-order valence-electron chi connectivity index (χ3n) is 6.69. The average Bonchev–Trinajstić information content (AvgIpc) is 2.89. The Labute approximate surface area is 222 Å². The van der Waals surface area contributed by atoms with Gasteiger partial charge >= 0.3 is 6.04 Å². The number of hydrogen-bond acceptors (Lipinski definition) is 3. The first-order valence-corrected chi connectivity index (χ1v) is 13.8. The summed E-state index contributed by atoms with van der Waals surface area (Å²) in [4.78, 5) is 28.5. The van der Waals surface area contributed by atoms with Crippen LogP contribution in [0.2, 0.25) is 0 Å². The monoisotopic (exact) mass is 502 g/mol. The second-order valence-corrected chi connectivity index (χ2v) is 10.1. The third kappa shape index (κ3) is 9.54. The third-order valence-corrected chi connectivity index (χ3v) is 6.69. The van der Waals surface area contributed by atoms with Gasteiger partial charge in [-0.25, -0.2) is 6.57 Å². The molecular formula is C31H42N4O2. The summed E-state index contributed by atoms with van der Waals surface area (Å²) in [5.74, 6) is -0.401. The number of carbonyl (C=O) groups is 2. The van der Waals surface area contributed by atoms with E-state index in [1.165, 1.54) is 51.4 Å². The predicted octanol–water partition coefficient (Wildman–Crippen LogP) is 8.56. The second kappa shape index (κ2) is 16.4. The SMILES string of the molecule is [C-]#[N+]C(C#N)c1c(NC(=O)CCCCCCCCCCCCC)ccc2c(NC(=O)C(C)C)cccc12. The molecule has 0 spiro atoms. The zero-order valence-electron chi connectivity index (χ0n) is 22.7. The van der Waals surface area contributed by atoms with Crippen LogP contribution in [0.4, 0.5) is 11.4 Å². The normalized spacial score (nSPS) is 11.6. The van der Waals surface area contributed by atoms with E-state index in [9.17, 15) is 14.9 Å². The molecule has 0 aliphatic carbocycles. The first kappa shape index (κ1) is 29.8. The van der Waals surface area contributed by atoms with Crippen LogP contribution in [-0.4, -0.2) is 11.8 Å². The molecule has 2 amide bonds. The van der Waals surface area contributed by atoms with Gasteiger partial charge in [-0.05, 0) is 23.9 Å². The molecule has 0 aliphatic rings. The summed E-state index contributed by atoms with van der Waals surface area (Å²) in [5.41, 5.74) is 1.58. The van der Waals surface area contributed by atoms with Gasteiger partial charge in [0.25, 0.3) is 0 Å². The number of unbranched alkanes of at least 4 members (excludes halogenated alkanes) is 10. The fourth-order valence-electron chi connectivity index (χ4n) is 4.49. The molecule has 2 rings (SSSR count). The highest BCUT2D eigenvalue weighted by molar-refractivity contribution is 6.06. The van der Waals surface area contributed by atoms with E-state index in [2.05, 4.69) is 28.5 Å². The van der Waals surface area contributed by atoms with Crippen LogP contribution in [0.3, 0.4) is 0 Å². The van der Waals surface area contributed by atoms with Gasteiger partial charge in [0.1, 0.15) is 0 Å². The molecule has 2 aromatic rings. The van der Waals surface area contributed by atoms with Gasteiger partial charge in [0.05, 0.1) is 11.3 Å². The van der Waals surface area contributed by atoms with Gasteiger partial charge in [-0.1, -0.05) is 103 Å². The van der Waals surface area contributed by atoms with Crippen LogP contribution < -0.4 is 10.6 Å². The van der Waals surface area contributed by atoms with Crippen LogP contribution in [0.25, 0.3) is 15.6 Å². The first-order chi connectivity index (χ1) is 17.9. The quantitative estimate of drug-likeness (QED) is 0.178. The average molecular weight is 503 g/mol. The minimum atomic E-state index is -1.06. The summed E-state index contributed by atoms with van der Waals surface area (Å²) in [6.07, 6.45) is 13.8. The number of nitrogens with zero attached hydrogens (tertiary/aromatic N) is 2. The lowest BCUT2D eigenvalue weighted by atomic mass is 9.96. The van der Waals surface area contributed by atoms with E-state index in [1.54, 1.807) is 18.2 Å². The Morgan fingerprint density at radius 3 is 2.05 bits per heavy atom. The van der Waals surface area contributed by atoms with E-state index in [-0.39, 0.29) is 17.7 Å². The Kier molecular flexibility index (Phi) is 13.2. The van der Waals surface area contributed by atoms with E-state index in [4.69, 9.17) is 6.57 Å². The number of amides is 2. The minimum Gasteiger partial charge on any atom is -0.325 e. The number of carbonyl (C=O) groups excluding carboxylic acids is 2. The van der Waals surface area contributed by atoms with Crippen LogP contribution in [0.1, 0.15) is 109 Å². The van der Waals surface area contributed by atoms with E-state index in [1.807, 2.05) is 26.0 Å². The van der Waals surface area contributed by atoms with Crippen LogP contribution in [0.5, 0.6) is 0 Å². The number of benzene rings is 2. The van der Waals surface area contributed by atoms with Crippen molar-refractivity contribution in [1.82, 2.24) is 0 Å². The molecule has 2 aromatic carbocycles. The molecule has 0 bridgehead atoms. The Bertz CT molecular complexity index is 1100. The van der Waals surface area contributed by atoms with Gasteiger partial charge in [-0.2, -0.15) is 5.26 Å². The summed E-state index contributed by atoms with van der Waals surface area (Å²) in [6.45, 7) is 13.4. The number of hydrogen-bond donors (Lipinski definition) is 2. The molecule has 1 unspecified atom stereocenters. The van der Waals surface area contributed by atoms with Crippen LogP contribution in [0.15, 0.2) is 30.3 Å². The summed E-state index contributed by atoms with van der Waals surface area (Å²) in [5, 5.41) is 16.9. The van der Waals surface area contributed by atoms with E-state index >= 15 is 0 Å². The predicted molar refractivity (Wildman–Crippen MR) is 152 cm³/mol. The lowest BCUT2D eigenvalue weighted by Crippen LogP contribution is -2.18. The van der Waals surface area contributed by atoms with Gasteiger partial charge in [0, 0.05) is 23.4 Å². The Hall–Kier alpha value is -3.38. The van der Waals surface area contributed by atoms with E-state index in [0.717, 1.165) is 24.6 Å². The Balaban J connectivity index is 1.99. The molecule has 198 valence electrons. The summed E-state index contributed by atoms with van der Waals surface area (Å²) < 4.78 is 0. The Morgan fingerprint density at radius 2 is 1.49 bits per heavy atom. The van der Waals surface area contributed by atoms with Crippen molar-refractivity contribution in [3.05, 3.63) is 47.3 Å². The summed E-state index contributed by atoms with van der Waals surface area (Å²) >= 11 is 0. The first-order valence-electron chi connectivity index (χ1n) is 13.8. The van der Waals surface area contributed by atoms with Crippen molar-refractivity contribution >= 4 is 34.0 Å². The standard InChI is InChI=1S/C31H42N4O2/c1-5-6-7-8-9-10-11-12-13-14-15-19-29(36)34-27-21-20-24-25(30(27)28(22-32)33-4)17-16-18-26(24)35-31(37)23(2)3/h16-18,20-21,23,28H,5-15,19H2,1-3H3,(H,34,36)(H,35,37). The maximum absolute atomic E-state index is 12.7. The zero-order valence-corrected chi connectivity index (χ0v) is 22.7. The molecule has 0 fully saturated rings. The smallest absolute Gasteiger partial charge is 0.325 e. The molecule has 6 nitrogen and oxygen atoms in total. The fraction of sp³-hybridized carbons (Fsp3) is 0.548. The van der Waals surface area contributed by atoms with Gasteiger partial charge in [0.2, 0.25) is 11.8 Å². The maximum atomic E-state index is 12.7. The van der Waals surface area contributed by atoms with Crippen molar-refractivity contribution in [2.45, 2.75) is 104 Å². The van der Waals surface area contributed by atoms with Crippen LogP contribution >= 0.6 is 0 Å². The molecule has 1 atom stereocenters. The van der Waals surface area contributed by atoms with Crippen molar-refractivity contribution < 1.29 is 9.59 Å². The van der Waals surface area contributed by atoms with Gasteiger partial charge < -0.3 is 10.6 Å². The molecule has 0 aromatic heterocycles. The number of anilines is 2. The van der Waals surface area contributed by atoms with Crippen molar-refractivity contribution in [3.63, 3.8) is 0 Å². The number of nitriles is 1. The van der Waals surface area contributed by atoms with Gasteiger partial charge in [0.15, 0.2) is 6.07 Å². The van der Waals surface area contributed by atoms with Crippen molar-refractivity contribution in [1.29, 1.82) is 5.26 Å². The highest BCUT2D eigenvalue weighted by Crippen LogP contribution is 2.36. The Morgan fingerprint density at radius 1 is 0.865 bits per heavy atom. The van der Waals surface area contributed by atoms with Gasteiger partial charge in [-0.3, -0.25) is 14.4 Å². The molecule has 0 saturated carbocycles. The highest BCUT2D eigenvalue weighted by Gasteiger charge is 2.24. The van der Waals surface area contributed by atoms with Gasteiger partial charge in [-0.15, -0.1) is 0 Å². The minimum absolute atomic E-state index is 0.109. The number of nitrogens with one attached hydrogen (secondary N) is 2. The molecule has 2 N–H and O–H groups in total. The topological polar surface area (TPSA) is 86.3 Å². The summed E-state index contributed by atoms with van der Waals surface area (Å²) in [7, 11) is 0. The fourth-order valence-corrected chi connectivity index (χ4v) is 4.49. The van der Waals surface area contributed by atoms with Crippen molar-refractivity contribution in [2.24, 2.45) is 5.92 Å². The zero-order chi connectivity index (χ0) is 27.0. The molecular weight excluding hydrogens is 460 g/mol. The molecule has 37 heavy (non-hydrogen) atoms. The lowest BCUT2D eigenvalue weighted by molar-refractivity contribution is -0.119. The highest BCUT2D eigenvalue weighted by atomic mass is 16.2. The maximum Gasteiger partial charge on any atom is 0.334 e.